The van der Waals surface area contributed by atoms with E-state index < -0.39 is 29.3 Å². The molecular formula is C18H13F5N2O2. The summed E-state index contributed by atoms with van der Waals surface area (Å²) in [5.74, 6) is -2.78. The zero-order chi connectivity index (χ0) is 19.8. The highest BCUT2D eigenvalue weighted by Crippen LogP contribution is 2.33. The maximum absolute atomic E-state index is 13.4. The second kappa shape index (κ2) is 6.90. The molecule has 0 unspecified atom stereocenters. The number of aromatic amines is 1. The Morgan fingerprint density at radius 2 is 1.81 bits per heavy atom. The van der Waals surface area contributed by atoms with Gasteiger partial charge in [0, 0.05) is 17.6 Å². The molecule has 0 radical (unpaired) electrons. The molecule has 142 valence electrons. The van der Waals surface area contributed by atoms with Crippen molar-refractivity contribution < 1.29 is 31.5 Å². The van der Waals surface area contributed by atoms with Crippen molar-refractivity contribution in [2.75, 3.05) is 12.4 Å². The first-order chi connectivity index (χ1) is 12.7. The highest BCUT2D eigenvalue weighted by molar-refractivity contribution is 6.02. The van der Waals surface area contributed by atoms with Crippen molar-refractivity contribution in [2.45, 2.75) is 12.6 Å². The van der Waals surface area contributed by atoms with E-state index >= 15 is 0 Å². The molecule has 0 fully saturated rings. The molecule has 1 heterocycles. The van der Waals surface area contributed by atoms with Crippen LogP contribution in [0.3, 0.4) is 0 Å². The van der Waals surface area contributed by atoms with Gasteiger partial charge in [0.05, 0.1) is 30.3 Å². The molecule has 0 saturated carbocycles. The fourth-order valence-corrected chi connectivity index (χ4v) is 2.64. The van der Waals surface area contributed by atoms with Gasteiger partial charge < -0.3 is 15.0 Å². The highest BCUT2D eigenvalue weighted by Gasteiger charge is 2.31. The number of rotatable bonds is 4. The van der Waals surface area contributed by atoms with Crippen molar-refractivity contribution in [2.24, 2.45) is 0 Å². The van der Waals surface area contributed by atoms with Gasteiger partial charge in [-0.25, -0.2) is 8.78 Å². The van der Waals surface area contributed by atoms with Gasteiger partial charge in [-0.15, -0.1) is 0 Å². The first kappa shape index (κ1) is 18.7. The molecule has 0 spiro atoms. The maximum atomic E-state index is 13.4. The number of amides is 1. The lowest BCUT2D eigenvalue weighted by Gasteiger charge is -2.12. The second-order valence-corrected chi connectivity index (χ2v) is 5.81. The first-order valence-electron chi connectivity index (χ1n) is 7.68. The number of carbonyl (C=O) groups is 1. The minimum absolute atomic E-state index is 0.0303. The third kappa shape index (κ3) is 4.02. The summed E-state index contributed by atoms with van der Waals surface area (Å²) >= 11 is 0. The number of alkyl halides is 3. The summed E-state index contributed by atoms with van der Waals surface area (Å²) in [6, 6.07) is 4.87. The highest BCUT2D eigenvalue weighted by atomic mass is 19.4. The Balaban J connectivity index is 1.83. The molecule has 1 aromatic heterocycles. The van der Waals surface area contributed by atoms with Gasteiger partial charge in [-0.3, -0.25) is 4.79 Å². The van der Waals surface area contributed by atoms with Gasteiger partial charge in [0.1, 0.15) is 5.75 Å². The van der Waals surface area contributed by atoms with Gasteiger partial charge in [-0.05, 0) is 29.8 Å². The molecule has 1 amide bonds. The van der Waals surface area contributed by atoms with Crippen LogP contribution in [-0.4, -0.2) is 18.0 Å². The Hall–Kier alpha value is -3.10. The van der Waals surface area contributed by atoms with Crippen molar-refractivity contribution in [3.05, 3.63) is 59.3 Å². The SMILES string of the molecule is COc1cc(CC(=O)Nc2c[nH]c3cc(F)c(F)cc23)cc(C(F)(F)F)c1. The lowest BCUT2D eigenvalue weighted by atomic mass is 10.1. The minimum Gasteiger partial charge on any atom is -0.497 e. The summed E-state index contributed by atoms with van der Waals surface area (Å²) in [7, 11) is 1.22. The zero-order valence-corrected chi connectivity index (χ0v) is 13.9. The van der Waals surface area contributed by atoms with Crippen LogP contribution in [0.4, 0.5) is 27.6 Å². The third-order valence-corrected chi connectivity index (χ3v) is 3.89. The van der Waals surface area contributed by atoms with E-state index in [1.165, 1.54) is 19.4 Å². The van der Waals surface area contributed by atoms with E-state index in [1.807, 2.05) is 0 Å². The molecule has 2 aromatic carbocycles. The molecule has 4 nitrogen and oxygen atoms in total. The van der Waals surface area contributed by atoms with Crippen molar-refractivity contribution in [1.82, 2.24) is 4.98 Å². The predicted octanol–water partition coefficient (Wildman–Crippen LogP) is 4.65. The fraction of sp³-hybridized carbons (Fsp3) is 0.167. The summed E-state index contributed by atoms with van der Waals surface area (Å²) in [6.45, 7) is 0. The van der Waals surface area contributed by atoms with Crippen LogP contribution in [0.2, 0.25) is 0 Å². The number of nitrogens with one attached hydrogen (secondary N) is 2. The van der Waals surface area contributed by atoms with Gasteiger partial charge in [0.25, 0.3) is 0 Å². The van der Waals surface area contributed by atoms with Crippen LogP contribution in [0.5, 0.6) is 5.75 Å². The quantitative estimate of drug-likeness (QED) is 0.643. The van der Waals surface area contributed by atoms with Gasteiger partial charge in [-0.1, -0.05) is 0 Å². The smallest absolute Gasteiger partial charge is 0.416 e. The van der Waals surface area contributed by atoms with Crippen molar-refractivity contribution >= 4 is 22.5 Å². The number of hydrogen-bond acceptors (Lipinski definition) is 2. The van der Waals surface area contributed by atoms with Crippen LogP contribution in [0.1, 0.15) is 11.1 Å². The number of anilines is 1. The third-order valence-electron chi connectivity index (χ3n) is 3.89. The topological polar surface area (TPSA) is 54.1 Å². The van der Waals surface area contributed by atoms with Crippen LogP contribution in [-0.2, 0) is 17.4 Å². The Bertz CT molecular complexity index is 1010. The summed E-state index contributed by atoms with van der Waals surface area (Å²) < 4.78 is 70.3. The summed E-state index contributed by atoms with van der Waals surface area (Å²) in [6.07, 6.45) is -3.61. The first-order valence-corrected chi connectivity index (χ1v) is 7.68. The summed E-state index contributed by atoms with van der Waals surface area (Å²) in [4.78, 5) is 14.9. The Morgan fingerprint density at radius 3 is 2.48 bits per heavy atom. The Kier molecular flexibility index (Phi) is 4.77. The van der Waals surface area contributed by atoms with Crippen molar-refractivity contribution in [3.8, 4) is 5.75 Å². The fourth-order valence-electron chi connectivity index (χ4n) is 2.64. The standard InChI is InChI=1S/C18H13F5N2O2/c1-27-11-3-9(2-10(5-11)18(21,22)23)4-17(26)25-16-8-24-15-7-14(20)13(19)6-12(15)16/h2-3,5-8,24H,4H2,1H3,(H,25,26). The van der Waals surface area contributed by atoms with E-state index in [1.54, 1.807) is 0 Å². The number of halogens is 5. The molecule has 0 bridgehead atoms. The average molecular weight is 384 g/mol. The van der Waals surface area contributed by atoms with Crippen LogP contribution >= 0.6 is 0 Å². The van der Waals surface area contributed by atoms with Crippen LogP contribution in [0.25, 0.3) is 10.9 Å². The molecule has 0 saturated heterocycles. The van der Waals surface area contributed by atoms with E-state index in [9.17, 15) is 26.7 Å². The minimum atomic E-state index is -4.59. The summed E-state index contributed by atoms with van der Waals surface area (Å²) in [5, 5.41) is 2.71. The van der Waals surface area contributed by atoms with Gasteiger partial charge in [0.15, 0.2) is 11.6 Å². The predicted molar refractivity (Wildman–Crippen MR) is 88.5 cm³/mol. The van der Waals surface area contributed by atoms with Gasteiger partial charge in [-0.2, -0.15) is 13.2 Å². The largest absolute Gasteiger partial charge is 0.497 e. The Labute approximate surface area is 149 Å². The van der Waals surface area contributed by atoms with Crippen LogP contribution in [0, 0.1) is 11.6 Å². The van der Waals surface area contributed by atoms with Crippen LogP contribution < -0.4 is 10.1 Å². The molecule has 0 atom stereocenters. The lowest BCUT2D eigenvalue weighted by Crippen LogP contribution is -2.15. The molecule has 2 N–H and O–H groups in total. The molecule has 9 heteroatoms. The number of hydrogen-bond donors (Lipinski definition) is 2. The molecule has 3 rings (SSSR count). The molecule has 3 aromatic rings. The maximum Gasteiger partial charge on any atom is 0.416 e. The molecule has 27 heavy (non-hydrogen) atoms. The number of methoxy groups -OCH3 is 1. The normalized spacial score (nSPS) is 11.6. The van der Waals surface area contributed by atoms with E-state index in [2.05, 4.69) is 10.3 Å². The van der Waals surface area contributed by atoms with Gasteiger partial charge in [0.2, 0.25) is 5.91 Å². The molecule has 0 aliphatic rings. The van der Waals surface area contributed by atoms with E-state index in [0.717, 1.165) is 24.3 Å². The van der Waals surface area contributed by atoms with E-state index in [4.69, 9.17) is 4.74 Å². The average Bonchev–Trinajstić information content (AvgIpc) is 2.95. The zero-order valence-electron chi connectivity index (χ0n) is 13.9. The summed E-state index contributed by atoms with van der Waals surface area (Å²) in [5.41, 5.74) is -0.386. The van der Waals surface area contributed by atoms with E-state index in [-0.39, 0.29) is 34.3 Å². The number of aromatic nitrogens is 1. The Morgan fingerprint density at radius 1 is 1.11 bits per heavy atom. The number of benzene rings is 2. The number of ether oxygens (including phenoxy) is 1. The van der Waals surface area contributed by atoms with E-state index in [0.29, 0.717) is 0 Å². The molecule has 0 aliphatic heterocycles. The molecule has 0 aliphatic carbocycles. The van der Waals surface area contributed by atoms with Crippen LogP contribution in [0.15, 0.2) is 36.5 Å². The molecular weight excluding hydrogens is 371 g/mol. The second-order valence-electron chi connectivity index (χ2n) is 5.81. The van der Waals surface area contributed by atoms with Gasteiger partial charge >= 0.3 is 6.18 Å². The number of fused-ring (bicyclic) bond motifs is 1. The monoisotopic (exact) mass is 384 g/mol. The lowest BCUT2D eigenvalue weighted by molar-refractivity contribution is -0.137. The number of carbonyl (C=O) groups excluding carboxylic acids is 1. The van der Waals surface area contributed by atoms with Crippen molar-refractivity contribution in [1.29, 1.82) is 0 Å². The van der Waals surface area contributed by atoms with Crippen molar-refractivity contribution in [3.63, 3.8) is 0 Å². The number of H-pyrrole nitrogens is 1.